The molecule has 6 heteroatoms. The minimum Gasteiger partial charge on any atom is -0.484 e. The number of rotatable bonds is 7. The van der Waals surface area contributed by atoms with Gasteiger partial charge in [-0.15, -0.1) is 0 Å². The Morgan fingerprint density at radius 1 is 1.27 bits per heavy atom. The third-order valence-electron chi connectivity index (χ3n) is 4.11. The molecule has 1 aromatic carbocycles. The molecule has 2 aromatic heterocycles. The van der Waals surface area contributed by atoms with Crippen LogP contribution in [0.25, 0.3) is 11.0 Å². The van der Waals surface area contributed by atoms with Crippen molar-refractivity contribution in [2.75, 3.05) is 13.7 Å². The summed E-state index contributed by atoms with van der Waals surface area (Å²) in [6, 6.07) is 8.87. The van der Waals surface area contributed by atoms with Crippen molar-refractivity contribution in [3.63, 3.8) is 0 Å². The monoisotopic (exact) mass is 371 g/mol. The maximum Gasteiger partial charge on any atom is 0.336 e. The molecule has 0 N–H and O–H groups in total. The van der Waals surface area contributed by atoms with Gasteiger partial charge in [0.25, 0.3) is 5.91 Å². The molecule has 5 nitrogen and oxygen atoms in total. The standard InChI is InChI=1S/C20H21NO4S/c1-3-4-15-9-20(23)25-18-10-16(5-6-17(15)18)24-12-19(22)21(2)11-14-7-8-26-13-14/h5-10,13H,3-4,11-12H2,1-2H3. The van der Waals surface area contributed by atoms with Crippen LogP contribution in [-0.2, 0) is 17.8 Å². The van der Waals surface area contributed by atoms with Crippen LogP contribution in [-0.4, -0.2) is 24.5 Å². The summed E-state index contributed by atoms with van der Waals surface area (Å²) >= 11 is 1.61. The van der Waals surface area contributed by atoms with Crippen molar-refractivity contribution in [3.8, 4) is 5.75 Å². The van der Waals surface area contributed by atoms with Gasteiger partial charge in [-0.05, 0) is 46.5 Å². The molecule has 0 saturated carbocycles. The van der Waals surface area contributed by atoms with E-state index >= 15 is 0 Å². The van der Waals surface area contributed by atoms with E-state index in [-0.39, 0.29) is 18.1 Å². The van der Waals surface area contributed by atoms with Gasteiger partial charge >= 0.3 is 5.63 Å². The van der Waals surface area contributed by atoms with Gasteiger partial charge in [-0.3, -0.25) is 4.79 Å². The van der Waals surface area contributed by atoms with Crippen LogP contribution in [0.2, 0.25) is 0 Å². The molecule has 0 radical (unpaired) electrons. The molecule has 3 aromatic rings. The number of carbonyl (C=O) groups excluding carboxylic acids is 1. The molecule has 0 aliphatic carbocycles. The summed E-state index contributed by atoms with van der Waals surface area (Å²) in [5, 5.41) is 4.91. The van der Waals surface area contributed by atoms with Crippen LogP contribution in [0, 0.1) is 0 Å². The minimum absolute atomic E-state index is 0.0645. The summed E-state index contributed by atoms with van der Waals surface area (Å²) in [4.78, 5) is 25.6. The molecule has 3 rings (SSSR count). The predicted molar refractivity (Wildman–Crippen MR) is 103 cm³/mol. The van der Waals surface area contributed by atoms with Crippen molar-refractivity contribution in [3.05, 3.63) is 62.6 Å². The van der Waals surface area contributed by atoms with E-state index in [0.29, 0.717) is 17.9 Å². The summed E-state index contributed by atoms with van der Waals surface area (Å²) < 4.78 is 10.9. The smallest absolute Gasteiger partial charge is 0.336 e. The predicted octanol–water partition coefficient (Wildman–Crippen LogP) is 3.84. The molecule has 26 heavy (non-hydrogen) atoms. The fraction of sp³-hybridized carbons (Fsp3) is 0.300. The van der Waals surface area contributed by atoms with E-state index in [4.69, 9.17) is 9.15 Å². The van der Waals surface area contributed by atoms with Gasteiger partial charge in [0.1, 0.15) is 11.3 Å². The molecule has 0 atom stereocenters. The van der Waals surface area contributed by atoms with Gasteiger partial charge < -0.3 is 14.1 Å². The molecule has 136 valence electrons. The Morgan fingerprint density at radius 3 is 2.85 bits per heavy atom. The Bertz CT molecular complexity index is 946. The lowest BCUT2D eigenvalue weighted by Gasteiger charge is -2.17. The van der Waals surface area contributed by atoms with Gasteiger partial charge in [0.2, 0.25) is 0 Å². The third-order valence-corrected chi connectivity index (χ3v) is 4.84. The van der Waals surface area contributed by atoms with Gasteiger partial charge in [0, 0.05) is 31.1 Å². The molecule has 0 saturated heterocycles. The fourth-order valence-electron chi connectivity index (χ4n) is 2.78. The van der Waals surface area contributed by atoms with E-state index in [0.717, 1.165) is 29.4 Å². The Kier molecular flexibility index (Phi) is 5.73. The Morgan fingerprint density at radius 2 is 2.12 bits per heavy atom. The first-order valence-corrected chi connectivity index (χ1v) is 9.45. The quantitative estimate of drug-likeness (QED) is 0.592. The molecule has 0 aliphatic heterocycles. The van der Waals surface area contributed by atoms with Gasteiger partial charge in [-0.1, -0.05) is 13.3 Å². The summed E-state index contributed by atoms with van der Waals surface area (Å²) in [7, 11) is 1.75. The summed E-state index contributed by atoms with van der Waals surface area (Å²) in [5.41, 5.74) is 2.18. The van der Waals surface area contributed by atoms with Crippen molar-refractivity contribution in [1.82, 2.24) is 4.90 Å². The summed E-state index contributed by atoms with van der Waals surface area (Å²) in [6.45, 7) is 2.56. The highest BCUT2D eigenvalue weighted by molar-refractivity contribution is 7.07. The van der Waals surface area contributed by atoms with Crippen molar-refractivity contribution < 1.29 is 13.9 Å². The van der Waals surface area contributed by atoms with Crippen LogP contribution in [0.1, 0.15) is 24.5 Å². The van der Waals surface area contributed by atoms with Crippen molar-refractivity contribution >= 4 is 28.2 Å². The van der Waals surface area contributed by atoms with Crippen LogP contribution < -0.4 is 10.4 Å². The number of benzene rings is 1. The Labute approximate surface area is 155 Å². The first kappa shape index (κ1) is 18.2. The largest absolute Gasteiger partial charge is 0.484 e. The van der Waals surface area contributed by atoms with E-state index in [9.17, 15) is 9.59 Å². The van der Waals surface area contributed by atoms with Crippen LogP contribution in [0.15, 0.2) is 50.3 Å². The van der Waals surface area contributed by atoms with Crippen LogP contribution in [0.3, 0.4) is 0 Å². The lowest BCUT2D eigenvalue weighted by molar-refractivity contribution is -0.132. The zero-order chi connectivity index (χ0) is 18.5. The number of likely N-dealkylation sites (N-methyl/N-ethyl adjacent to an activating group) is 1. The lowest BCUT2D eigenvalue weighted by Crippen LogP contribution is -2.30. The normalized spacial score (nSPS) is 10.8. The van der Waals surface area contributed by atoms with E-state index in [1.807, 2.05) is 22.9 Å². The number of hydrogen-bond donors (Lipinski definition) is 0. The number of thiophene rings is 1. The van der Waals surface area contributed by atoms with Crippen LogP contribution in [0.5, 0.6) is 5.75 Å². The molecule has 0 unspecified atom stereocenters. The summed E-state index contributed by atoms with van der Waals surface area (Å²) in [6.07, 6.45) is 1.76. The number of hydrogen-bond acceptors (Lipinski definition) is 5. The second kappa shape index (κ2) is 8.19. The second-order valence-electron chi connectivity index (χ2n) is 6.17. The number of aryl methyl sites for hydroxylation is 1. The molecule has 0 aliphatic rings. The topological polar surface area (TPSA) is 59.8 Å². The average molecular weight is 371 g/mol. The molecule has 1 amide bonds. The van der Waals surface area contributed by atoms with Gasteiger partial charge in [-0.25, -0.2) is 4.79 Å². The van der Waals surface area contributed by atoms with Gasteiger partial charge in [-0.2, -0.15) is 11.3 Å². The number of ether oxygens (including phenoxy) is 1. The van der Waals surface area contributed by atoms with Gasteiger partial charge in [0.15, 0.2) is 6.61 Å². The Balaban J connectivity index is 1.69. The summed E-state index contributed by atoms with van der Waals surface area (Å²) in [5.74, 6) is 0.393. The van der Waals surface area contributed by atoms with Crippen molar-refractivity contribution in [2.24, 2.45) is 0 Å². The van der Waals surface area contributed by atoms with E-state index in [2.05, 4.69) is 6.92 Å². The van der Waals surface area contributed by atoms with Gasteiger partial charge in [0.05, 0.1) is 0 Å². The highest BCUT2D eigenvalue weighted by Crippen LogP contribution is 2.23. The highest BCUT2D eigenvalue weighted by atomic mass is 32.1. The molecule has 0 fully saturated rings. The molecule has 0 bridgehead atoms. The second-order valence-corrected chi connectivity index (χ2v) is 6.95. The first-order chi connectivity index (χ1) is 12.6. The van der Waals surface area contributed by atoms with E-state index in [1.165, 1.54) is 6.07 Å². The molecule has 2 heterocycles. The van der Waals surface area contributed by atoms with Crippen molar-refractivity contribution in [1.29, 1.82) is 0 Å². The maximum atomic E-state index is 12.2. The van der Waals surface area contributed by atoms with E-state index in [1.54, 1.807) is 35.4 Å². The van der Waals surface area contributed by atoms with E-state index < -0.39 is 0 Å². The number of amides is 1. The maximum absolute atomic E-state index is 12.2. The SMILES string of the molecule is CCCc1cc(=O)oc2cc(OCC(=O)N(C)Cc3ccsc3)ccc12. The lowest BCUT2D eigenvalue weighted by atomic mass is 10.1. The first-order valence-electron chi connectivity index (χ1n) is 8.51. The zero-order valence-corrected chi connectivity index (χ0v) is 15.7. The number of carbonyl (C=O) groups is 1. The molecular formula is C20H21NO4S. The number of nitrogens with zero attached hydrogens (tertiary/aromatic N) is 1. The third kappa shape index (κ3) is 4.32. The minimum atomic E-state index is -0.371. The van der Waals surface area contributed by atoms with Crippen LogP contribution in [0.4, 0.5) is 0 Å². The Hall–Kier alpha value is -2.60. The number of fused-ring (bicyclic) bond motifs is 1. The zero-order valence-electron chi connectivity index (χ0n) is 14.9. The molecule has 0 spiro atoms. The molecular weight excluding hydrogens is 350 g/mol. The van der Waals surface area contributed by atoms with Crippen LogP contribution >= 0.6 is 11.3 Å². The highest BCUT2D eigenvalue weighted by Gasteiger charge is 2.12. The van der Waals surface area contributed by atoms with Crippen molar-refractivity contribution in [2.45, 2.75) is 26.3 Å². The fourth-order valence-corrected chi connectivity index (χ4v) is 3.44. The average Bonchev–Trinajstić information content (AvgIpc) is 3.12.